The van der Waals surface area contributed by atoms with E-state index in [9.17, 15) is 4.79 Å². The zero-order chi connectivity index (χ0) is 21.5. The van der Waals surface area contributed by atoms with E-state index in [1.165, 1.54) is 37.8 Å². The highest BCUT2D eigenvalue weighted by atomic mass is 16.2. The summed E-state index contributed by atoms with van der Waals surface area (Å²) < 4.78 is 0. The highest BCUT2D eigenvalue weighted by molar-refractivity contribution is 5.95. The van der Waals surface area contributed by atoms with E-state index in [4.69, 9.17) is 0 Å². The Hall–Kier alpha value is -2.73. The monoisotopic (exact) mass is 429 g/mol. The molecule has 4 heterocycles. The molecular formula is C26H31N5O. The minimum absolute atomic E-state index is 0.169. The molecule has 4 atom stereocenters. The highest BCUT2D eigenvalue weighted by Crippen LogP contribution is 2.45. The summed E-state index contributed by atoms with van der Waals surface area (Å²) in [6.45, 7) is 3.26. The first kappa shape index (κ1) is 19.9. The zero-order valence-electron chi connectivity index (χ0n) is 18.5. The van der Waals surface area contributed by atoms with Gasteiger partial charge >= 0.3 is 0 Å². The predicted octanol–water partition coefficient (Wildman–Crippen LogP) is 4.26. The number of nitrogens with zero attached hydrogens (tertiary/aromatic N) is 4. The van der Waals surface area contributed by atoms with Gasteiger partial charge in [-0.2, -0.15) is 0 Å². The third-order valence-corrected chi connectivity index (χ3v) is 7.87. The van der Waals surface area contributed by atoms with E-state index in [1.54, 1.807) is 18.5 Å². The predicted molar refractivity (Wildman–Crippen MR) is 125 cm³/mol. The van der Waals surface area contributed by atoms with Crippen molar-refractivity contribution in [1.29, 1.82) is 0 Å². The van der Waals surface area contributed by atoms with E-state index in [2.05, 4.69) is 31.2 Å². The normalized spacial score (nSPS) is 29.5. The number of piperidine rings is 3. The lowest BCUT2D eigenvalue weighted by Gasteiger charge is -2.54. The van der Waals surface area contributed by atoms with Gasteiger partial charge in [-0.25, -0.2) is 9.97 Å². The molecular weight excluding hydrogens is 398 g/mol. The fraction of sp³-hybridized carbons (Fsp3) is 0.500. The smallest absolute Gasteiger partial charge is 0.254 e. The zero-order valence-corrected chi connectivity index (χ0v) is 18.5. The molecule has 0 saturated carbocycles. The minimum atomic E-state index is 0.169. The second-order valence-corrected chi connectivity index (χ2v) is 9.78. The molecule has 3 fully saturated rings. The van der Waals surface area contributed by atoms with Crippen LogP contribution < -0.4 is 5.32 Å². The lowest BCUT2D eigenvalue weighted by molar-refractivity contribution is 0.00148. The van der Waals surface area contributed by atoms with Gasteiger partial charge in [0.25, 0.3) is 5.91 Å². The number of hydrogen-bond acceptors (Lipinski definition) is 5. The molecule has 2 bridgehead atoms. The van der Waals surface area contributed by atoms with Crippen molar-refractivity contribution in [1.82, 2.24) is 19.8 Å². The quantitative estimate of drug-likeness (QED) is 0.739. The second kappa shape index (κ2) is 8.32. The van der Waals surface area contributed by atoms with Crippen molar-refractivity contribution in [3.63, 3.8) is 0 Å². The summed E-state index contributed by atoms with van der Waals surface area (Å²) in [5, 5.41) is 3.19. The molecule has 0 radical (unpaired) electrons. The number of anilines is 2. The van der Waals surface area contributed by atoms with Crippen molar-refractivity contribution in [2.24, 2.45) is 11.8 Å². The fourth-order valence-corrected chi connectivity index (χ4v) is 6.56. The third kappa shape index (κ3) is 3.60. The van der Waals surface area contributed by atoms with Gasteiger partial charge < -0.3 is 10.2 Å². The number of hydrogen-bond donors (Lipinski definition) is 1. The molecule has 6 nitrogen and oxygen atoms in total. The van der Waals surface area contributed by atoms with Crippen LogP contribution in [0.5, 0.6) is 0 Å². The first-order chi connectivity index (χ1) is 15.8. The first-order valence-electron chi connectivity index (χ1n) is 12.2. The van der Waals surface area contributed by atoms with Gasteiger partial charge in [-0.05, 0) is 80.8 Å². The molecule has 166 valence electrons. The number of aromatic nitrogens is 2. The van der Waals surface area contributed by atoms with Crippen LogP contribution in [0.1, 0.15) is 48.9 Å². The van der Waals surface area contributed by atoms with Crippen LogP contribution >= 0.6 is 0 Å². The van der Waals surface area contributed by atoms with Crippen LogP contribution in [0.3, 0.4) is 0 Å². The lowest BCUT2D eigenvalue weighted by Crippen LogP contribution is -2.60. The van der Waals surface area contributed by atoms with Crippen molar-refractivity contribution in [3.8, 4) is 0 Å². The molecule has 1 aromatic heterocycles. The number of carbonyl (C=O) groups excluding carboxylic acids is 1. The molecule has 1 amide bonds. The fourth-order valence-electron chi connectivity index (χ4n) is 6.56. The van der Waals surface area contributed by atoms with Gasteiger partial charge in [-0.3, -0.25) is 9.69 Å². The molecule has 2 aromatic rings. The van der Waals surface area contributed by atoms with Crippen LogP contribution in [0.4, 0.5) is 11.6 Å². The molecule has 3 saturated heterocycles. The van der Waals surface area contributed by atoms with Gasteiger partial charge in [0.2, 0.25) is 5.95 Å². The molecule has 4 aliphatic rings. The maximum Gasteiger partial charge on any atom is 0.254 e. The number of nitrogens with one attached hydrogen (secondary N) is 1. The number of benzene rings is 1. The molecule has 0 unspecified atom stereocenters. The van der Waals surface area contributed by atoms with Crippen LogP contribution in [-0.4, -0.2) is 57.4 Å². The number of likely N-dealkylation sites (tertiary alicyclic amines) is 1. The molecule has 0 spiro atoms. The summed E-state index contributed by atoms with van der Waals surface area (Å²) in [5.74, 6) is 2.00. The van der Waals surface area contributed by atoms with E-state index < -0.39 is 0 Å². The average molecular weight is 430 g/mol. The van der Waals surface area contributed by atoms with E-state index >= 15 is 0 Å². The van der Waals surface area contributed by atoms with Crippen LogP contribution in [0.2, 0.25) is 0 Å². The Morgan fingerprint density at radius 2 is 1.88 bits per heavy atom. The molecule has 6 rings (SSSR count). The third-order valence-electron chi connectivity index (χ3n) is 7.87. The summed E-state index contributed by atoms with van der Waals surface area (Å²) in [4.78, 5) is 26.9. The Morgan fingerprint density at radius 1 is 1.03 bits per heavy atom. The standard InChI is InChI=1S/C26H31N5O/c32-25(18-7-9-22(10-8-18)29-26-27-11-4-12-28-26)31-14-3-5-19-15-20-16-21(24(19)31)17-30-13-2-1-6-23(20)30/h4,7-12,15,20-21,23-24H,1-3,5-6,13-14,16-17H2,(H,27,28,29)/t20-,21+,23+,24+/m0/s1. The average Bonchev–Trinajstić information content (AvgIpc) is 2.84. The van der Waals surface area contributed by atoms with Gasteiger partial charge in [0.1, 0.15) is 0 Å². The Labute approximate surface area is 189 Å². The van der Waals surface area contributed by atoms with E-state index in [-0.39, 0.29) is 11.9 Å². The SMILES string of the molecule is O=C(c1ccc(Nc2ncccn2)cc1)N1CCCC2=C[C@H]3C[C@H](CN4CCCC[C@H]34)[C@@H]21. The summed E-state index contributed by atoms with van der Waals surface area (Å²) in [5.41, 5.74) is 3.19. The molecule has 1 aliphatic carbocycles. The molecule has 32 heavy (non-hydrogen) atoms. The molecule has 1 aromatic carbocycles. The Balaban J connectivity index is 1.22. The minimum Gasteiger partial charge on any atom is -0.332 e. The summed E-state index contributed by atoms with van der Waals surface area (Å²) in [6.07, 6.45) is 13.5. The highest BCUT2D eigenvalue weighted by Gasteiger charge is 2.46. The van der Waals surface area contributed by atoms with Gasteiger partial charge in [0, 0.05) is 42.8 Å². The summed E-state index contributed by atoms with van der Waals surface area (Å²) in [7, 11) is 0. The maximum atomic E-state index is 13.6. The van der Waals surface area contributed by atoms with Gasteiger partial charge in [-0.1, -0.05) is 18.1 Å². The van der Waals surface area contributed by atoms with E-state index in [1.807, 2.05) is 24.3 Å². The lowest BCUT2D eigenvalue weighted by atomic mass is 9.68. The first-order valence-corrected chi connectivity index (χ1v) is 12.2. The van der Waals surface area contributed by atoms with Crippen LogP contribution in [0.25, 0.3) is 0 Å². The van der Waals surface area contributed by atoms with Crippen LogP contribution in [0.15, 0.2) is 54.4 Å². The molecule has 6 heteroatoms. The van der Waals surface area contributed by atoms with Crippen molar-refractivity contribution in [3.05, 3.63) is 59.9 Å². The van der Waals surface area contributed by atoms with Crippen molar-refractivity contribution in [2.75, 3.05) is 25.0 Å². The number of rotatable bonds is 3. The topological polar surface area (TPSA) is 61.4 Å². The number of carbonyl (C=O) groups is 1. The van der Waals surface area contributed by atoms with Crippen molar-refractivity contribution in [2.45, 2.75) is 50.6 Å². The second-order valence-electron chi connectivity index (χ2n) is 9.78. The molecule has 1 N–H and O–H groups in total. The number of amides is 1. The van der Waals surface area contributed by atoms with Gasteiger partial charge in [-0.15, -0.1) is 0 Å². The van der Waals surface area contributed by atoms with Gasteiger partial charge in [0.05, 0.1) is 6.04 Å². The summed E-state index contributed by atoms with van der Waals surface area (Å²) >= 11 is 0. The van der Waals surface area contributed by atoms with Crippen molar-refractivity contribution < 1.29 is 4.79 Å². The van der Waals surface area contributed by atoms with Crippen LogP contribution in [0, 0.1) is 11.8 Å². The Bertz CT molecular complexity index is 1000. The van der Waals surface area contributed by atoms with Crippen LogP contribution in [-0.2, 0) is 0 Å². The molecule has 3 aliphatic heterocycles. The Kier molecular flexibility index (Phi) is 5.18. The maximum absolute atomic E-state index is 13.6. The van der Waals surface area contributed by atoms with Crippen molar-refractivity contribution >= 4 is 17.5 Å². The summed E-state index contributed by atoms with van der Waals surface area (Å²) in [6, 6.07) is 10.6. The van der Waals surface area contributed by atoms with E-state index in [0.29, 0.717) is 17.8 Å². The largest absolute Gasteiger partial charge is 0.332 e. The van der Waals surface area contributed by atoms with Gasteiger partial charge in [0.15, 0.2) is 0 Å². The Morgan fingerprint density at radius 3 is 2.72 bits per heavy atom. The van der Waals surface area contributed by atoms with E-state index in [0.717, 1.165) is 43.2 Å². The number of fused-ring (bicyclic) bond motifs is 6.